The van der Waals surface area contributed by atoms with Crippen LogP contribution in [-0.4, -0.2) is 52.9 Å². The lowest BCUT2D eigenvalue weighted by molar-refractivity contribution is -0.127. The Hall–Kier alpha value is -3.62. The highest BCUT2D eigenvalue weighted by Gasteiger charge is 2.51. The number of amides is 1. The molecule has 3 atom stereocenters. The molecule has 3 aliphatic carbocycles. The number of aliphatic hydroxyl groups excluding tert-OH is 2. The van der Waals surface area contributed by atoms with Gasteiger partial charge in [-0.1, -0.05) is 0 Å². The molecule has 9 nitrogen and oxygen atoms in total. The summed E-state index contributed by atoms with van der Waals surface area (Å²) in [5, 5.41) is 31.3. The van der Waals surface area contributed by atoms with Crippen LogP contribution in [0.3, 0.4) is 0 Å². The lowest BCUT2D eigenvalue weighted by Crippen LogP contribution is -2.44. The number of aliphatic hydroxyl groups is 2. The minimum absolute atomic E-state index is 0.0249. The second kappa shape index (κ2) is 6.97. The Morgan fingerprint density at radius 3 is 2.39 bits per heavy atom. The average molecular weight is 426 g/mol. The zero-order valence-electron chi connectivity index (χ0n) is 17.0. The number of hydrogen-bond donors (Lipinski definition) is 4. The van der Waals surface area contributed by atoms with E-state index in [2.05, 4.69) is 0 Å². The Morgan fingerprint density at radius 1 is 1.13 bits per heavy atom. The van der Waals surface area contributed by atoms with E-state index in [9.17, 15) is 34.5 Å². The molecule has 1 amide bonds. The number of fused-ring (bicyclic) bond motifs is 3. The van der Waals surface area contributed by atoms with Crippen LogP contribution in [0.1, 0.15) is 34.3 Å². The first-order valence-electron chi connectivity index (χ1n) is 9.84. The highest BCUT2D eigenvalue weighted by atomic mass is 16.4. The molecule has 1 aromatic rings. The molecule has 0 radical (unpaired) electrons. The maximum absolute atomic E-state index is 13.4. The topological polar surface area (TPSA) is 158 Å². The fraction of sp³-hybridized carbons (Fsp3) is 0.364. The number of nitrogens with zero attached hydrogens (tertiary/aromatic N) is 1. The van der Waals surface area contributed by atoms with Crippen LogP contribution in [-0.2, 0) is 20.8 Å². The Balaban J connectivity index is 1.93. The van der Waals surface area contributed by atoms with Crippen LogP contribution in [0, 0.1) is 17.8 Å². The van der Waals surface area contributed by atoms with E-state index in [0.717, 1.165) is 5.69 Å². The van der Waals surface area contributed by atoms with Gasteiger partial charge in [-0.3, -0.25) is 14.4 Å². The van der Waals surface area contributed by atoms with E-state index < -0.39 is 58.3 Å². The SMILES string of the molecule is CN(C)c1ccc(C(=O)O)c2c1CC1CC3CC(=O)C(C(N)=O)=C(O)C3C(=O)C1=C2O. The molecule has 1 fully saturated rings. The van der Waals surface area contributed by atoms with Gasteiger partial charge in [0.15, 0.2) is 11.6 Å². The van der Waals surface area contributed by atoms with Crippen LogP contribution in [0.25, 0.3) is 5.76 Å². The number of ketones is 2. The lowest BCUT2D eigenvalue weighted by Gasteiger charge is -2.41. The van der Waals surface area contributed by atoms with E-state index in [1.807, 2.05) is 0 Å². The molecule has 9 heteroatoms. The molecule has 0 spiro atoms. The third-order valence-electron chi connectivity index (χ3n) is 6.48. The standard InChI is InChI=1S/C22H22N2O7/c1-24(2)12-4-3-10(22(30)31)16-11(12)6-8-5-9-7-13(25)17(21(23)29)20(28)15(9)18(26)14(8)19(16)27/h3-4,8-9,15,27-28H,5-7H2,1-2H3,(H2,23,29)(H,30,31). The second-order valence-electron chi connectivity index (χ2n) is 8.44. The first-order chi connectivity index (χ1) is 14.5. The number of anilines is 1. The van der Waals surface area contributed by atoms with Crippen molar-refractivity contribution in [1.82, 2.24) is 0 Å². The van der Waals surface area contributed by atoms with Crippen molar-refractivity contribution >= 4 is 34.9 Å². The fourth-order valence-electron chi connectivity index (χ4n) is 5.24. The van der Waals surface area contributed by atoms with Crippen molar-refractivity contribution in [3.63, 3.8) is 0 Å². The largest absolute Gasteiger partial charge is 0.511 e. The molecule has 0 aromatic heterocycles. The van der Waals surface area contributed by atoms with Gasteiger partial charge in [-0.15, -0.1) is 0 Å². The summed E-state index contributed by atoms with van der Waals surface area (Å²) < 4.78 is 0. The lowest BCUT2D eigenvalue weighted by atomic mass is 9.61. The van der Waals surface area contributed by atoms with Crippen molar-refractivity contribution < 1.29 is 34.5 Å². The Kier molecular flexibility index (Phi) is 4.64. The van der Waals surface area contributed by atoms with E-state index in [-0.39, 0.29) is 23.1 Å². The molecule has 1 aromatic carbocycles. The minimum atomic E-state index is -1.24. The number of carboxylic acids is 1. The summed E-state index contributed by atoms with van der Waals surface area (Å²) in [5.74, 6) is -6.79. The van der Waals surface area contributed by atoms with E-state index >= 15 is 0 Å². The zero-order chi connectivity index (χ0) is 22.8. The van der Waals surface area contributed by atoms with Gasteiger partial charge in [0.25, 0.3) is 5.91 Å². The number of benzene rings is 1. The van der Waals surface area contributed by atoms with Gasteiger partial charge in [-0.25, -0.2) is 4.79 Å². The Morgan fingerprint density at radius 2 is 1.81 bits per heavy atom. The van der Waals surface area contributed by atoms with Gasteiger partial charge in [0.1, 0.15) is 17.1 Å². The van der Waals surface area contributed by atoms with Crippen molar-refractivity contribution in [1.29, 1.82) is 0 Å². The maximum Gasteiger partial charge on any atom is 0.336 e. The number of carbonyl (C=O) groups is 4. The Labute approximate surface area is 177 Å². The highest BCUT2D eigenvalue weighted by Crippen LogP contribution is 2.50. The molecule has 0 saturated heterocycles. The number of primary amides is 1. The first kappa shape index (κ1) is 20.6. The highest BCUT2D eigenvalue weighted by molar-refractivity contribution is 6.21. The quantitative estimate of drug-likeness (QED) is 0.528. The summed E-state index contributed by atoms with van der Waals surface area (Å²) in [5.41, 5.74) is 5.95. The summed E-state index contributed by atoms with van der Waals surface area (Å²) in [7, 11) is 3.59. The minimum Gasteiger partial charge on any atom is -0.511 e. The van der Waals surface area contributed by atoms with Gasteiger partial charge < -0.3 is 26.0 Å². The van der Waals surface area contributed by atoms with E-state index in [0.29, 0.717) is 18.4 Å². The van der Waals surface area contributed by atoms with E-state index in [1.165, 1.54) is 6.07 Å². The molecule has 3 unspecified atom stereocenters. The molecule has 31 heavy (non-hydrogen) atoms. The van der Waals surface area contributed by atoms with Crippen LogP contribution in [0.4, 0.5) is 5.69 Å². The second-order valence-corrected chi connectivity index (χ2v) is 8.44. The predicted molar refractivity (Wildman–Crippen MR) is 110 cm³/mol. The van der Waals surface area contributed by atoms with Gasteiger partial charge in [-0.2, -0.15) is 0 Å². The molecular formula is C22H22N2O7. The number of hydrogen-bond acceptors (Lipinski definition) is 7. The third-order valence-corrected chi connectivity index (χ3v) is 6.48. The van der Waals surface area contributed by atoms with Gasteiger partial charge in [0.2, 0.25) is 0 Å². The number of carbonyl (C=O) groups excluding carboxylic acids is 3. The number of rotatable bonds is 3. The van der Waals surface area contributed by atoms with Gasteiger partial charge in [-0.05, 0) is 42.4 Å². The van der Waals surface area contributed by atoms with E-state index in [1.54, 1.807) is 25.1 Å². The van der Waals surface area contributed by atoms with Gasteiger partial charge >= 0.3 is 5.97 Å². The smallest absolute Gasteiger partial charge is 0.336 e. The molecule has 1 saturated carbocycles. The summed E-state index contributed by atoms with van der Waals surface area (Å²) in [6.07, 6.45) is 0.521. The molecule has 5 N–H and O–H groups in total. The predicted octanol–water partition coefficient (Wildman–Crippen LogP) is 1.37. The molecule has 4 rings (SSSR count). The zero-order valence-corrected chi connectivity index (χ0v) is 17.0. The number of nitrogens with two attached hydrogens (primary N) is 1. The fourth-order valence-corrected chi connectivity index (χ4v) is 5.24. The van der Waals surface area contributed by atoms with Crippen LogP contribution in [0.2, 0.25) is 0 Å². The van der Waals surface area contributed by atoms with Gasteiger partial charge in [0, 0.05) is 37.3 Å². The van der Waals surface area contributed by atoms with Crippen molar-refractivity contribution in [2.75, 3.05) is 19.0 Å². The third kappa shape index (κ3) is 2.91. The molecule has 0 bridgehead atoms. The van der Waals surface area contributed by atoms with Crippen LogP contribution < -0.4 is 10.6 Å². The molecular weight excluding hydrogens is 404 g/mol. The van der Waals surface area contributed by atoms with E-state index in [4.69, 9.17) is 5.73 Å². The van der Waals surface area contributed by atoms with Crippen LogP contribution >= 0.6 is 0 Å². The summed E-state index contributed by atoms with van der Waals surface area (Å²) >= 11 is 0. The molecule has 162 valence electrons. The van der Waals surface area contributed by atoms with Crippen molar-refractivity contribution in [2.45, 2.75) is 19.3 Å². The number of Topliss-reactive ketones (excluding diaryl/α,β-unsaturated/α-hetero) is 2. The summed E-state index contributed by atoms with van der Waals surface area (Å²) in [6.45, 7) is 0. The van der Waals surface area contributed by atoms with Crippen LogP contribution in [0.15, 0.2) is 29.0 Å². The number of carboxylic acid groups (broad SMARTS) is 1. The average Bonchev–Trinajstić information content (AvgIpc) is 2.65. The van der Waals surface area contributed by atoms with Crippen LogP contribution in [0.5, 0.6) is 0 Å². The summed E-state index contributed by atoms with van der Waals surface area (Å²) in [4.78, 5) is 50.9. The number of allylic oxidation sites excluding steroid dienone is 2. The summed E-state index contributed by atoms with van der Waals surface area (Å²) in [6, 6.07) is 3.04. The molecule has 0 aliphatic heterocycles. The van der Waals surface area contributed by atoms with Crippen molar-refractivity contribution in [3.05, 3.63) is 45.7 Å². The normalized spacial score (nSPS) is 25.0. The number of aromatic carboxylic acids is 1. The Bertz CT molecular complexity index is 1130. The molecule has 0 heterocycles. The van der Waals surface area contributed by atoms with Gasteiger partial charge in [0.05, 0.1) is 11.5 Å². The molecule has 3 aliphatic rings. The first-order valence-corrected chi connectivity index (χ1v) is 9.84. The maximum atomic E-state index is 13.4. The van der Waals surface area contributed by atoms with Crippen molar-refractivity contribution in [3.8, 4) is 0 Å². The monoisotopic (exact) mass is 426 g/mol. The van der Waals surface area contributed by atoms with Crippen molar-refractivity contribution in [2.24, 2.45) is 23.5 Å².